The molecular weight excluding hydrogens is 343 g/mol. The smallest absolute Gasteiger partial charge is 0.227 e. The van der Waals surface area contributed by atoms with Crippen molar-refractivity contribution in [1.29, 1.82) is 0 Å². The lowest BCUT2D eigenvalue weighted by atomic mass is 10.1. The summed E-state index contributed by atoms with van der Waals surface area (Å²) in [6, 6.07) is 13.6. The van der Waals surface area contributed by atoms with Crippen LogP contribution in [0.2, 0.25) is 5.02 Å². The van der Waals surface area contributed by atoms with Gasteiger partial charge in [0.05, 0.1) is 17.0 Å². The topological polar surface area (TPSA) is 49.4 Å². The van der Waals surface area contributed by atoms with Crippen LogP contribution >= 0.6 is 11.6 Å². The number of anilines is 1. The Labute approximate surface area is 150 Å². The first kappa shape index (κ1) is 17.4. The van der Waals surface area contributed by atoms with Crippen LogP contribution in [0.25, 0.3) is 0 Å². The molecule has 2 aromatic carbocycles. The quantitative estimate of drug-likeness (QED) is 0.903. The minimum absolute atomic E-state index is 0.0455. The van der Waals surface area contributed by atoms with E-state index >= 15 is 0 Å². The van der Waals surface area contributed by atoms with Gasteiger partial charge in [-0.1, -0.05) is 41.9 Å². The van der Waals surface area contributed by atoms with Crippen LogP contribution < -0.4 is 10.2 Å². The molecule has 1 aliphatic heterocycles. The summed E-state index contributed by atoms with van der Waals surface area (Å²) in [5.41, 5.74) is 1.50. The molecule has 130 valence electrons. The summed E-state index contributed by atoms with van der Waals surface area (Å²) in [5, 5.41) is 2.90. The lowest BCUT2D eigenvalue weighted by Crippen LogP contribution is -2.34. The van der Waals surface area contributed by atoms with Gasteiger partial charge in [0.15, 0.2) is 0 Å². The molecule has 3 rings (SSSR count). The van der Waals surface area contributed by atoms with Gasteiger partial charge in [0, 0.05) is 18.7 Å². The zero-order valence-corrected chi connectivity index (χ0v) is 14.5. The Morgan fingerprint density at radius 2 is 2.00 bits per heavy atom. The highest BCUT2D eigenvalue weighted by Gasteiger charge is 2.35. The molecule has 1 saturated heterocycles. The van der Waals surface area contributed by atoms with Gasteiger partial charge in [0.2, 0.25) is 11.8 Å². The zero-order valence-electron chi connectivity index (χ0n) is 13.7. The van der Waals surface area contributed by atoms with Gasteiger partial charge in [0.1, 0.15) is 5.82 Å². The second-order valence-corrected chi connectivity index (χ2v) is 6.55. The van der Waals surface area contributed by atoms with E-state index in [1.165, 1.54) is 23.1 Å². The van der Waals surface area contributed by atoms with E-state index in [-0.39, 0.29) is 35.8 Å². The normalized spacial score (nSPS) is 18.3. The van der Waals surface area contributed by atoms with Crippen LogP contribution in [-0.2, 0) is 9.59 Å². The fourth-order valence-electron chi connectivity index (χ4n) is 2.94. The summed E-state index contributed by atoms with van der Waals surface area (Å²) >= 11 is 5.78. The molecule has 0 radical (unpaired) electrons. The number of hydrogen-bond donors (Lipinski definition) is 1. The molecule has 0 bridgehead atoms. The first-order valence-corrected chi connectivity index (χ1v) is 8.44. The van der Waals surface area contributed by atoms with Crippen LogP contribution in [0.3, 0.4) is 0 Å². The molecule has 2 aromatic rings. The van der Waals surface area contributed by atoms with Gasteiger partial charge in [-0.05, 0) is 30.7 Å². The minimum atomic E-state index is -0.539. The summed E-state index contributed by atoms with van der Waals surface area (Å²) in [6.07, 6.45) is 0.127. The zero-order chi connectivity index (χ0) is 18.0. The van der Waals surface area contributed by atoms with E-state index in [0.29, 0.717) is 5.69 Å². The van der Waals surface area contributed by atoms with Gasteiger partial charge in [-0.15, -0.1) is 0 Å². The van der Waals surface area contributed by atoms with E-state index in [1.807, 2.05) is 37.3 Å². The number of carbonyl (C=O) groups excluding carboxylic acids is 2. The Kier molecular flexibility index (Phi) is 5.04. The Hall–Kier alpha value is -2.40. The van der Waals surface area contributed by atoms with Gasteiger partial charge in [-0.25, -0.2) is 4.39 Å². The summed E-state index contributed by atoms with van der Waals surface area (Å²) in [6.45, 7) is 2.16. The predicted octanol–water partition coefficient (Wildman–Crippen LogP) is 3.71. The molecule has 0 saturated carbocycles. The third kappa shape index (κ3) is 3.82. The third-order valence-corrected chi connectivity index (χ3v) is 4.66. The number of rotatable bonds is 4. The lowest BCUT2D eigenvalue weighted by molar-refractivity contribution is -0.126. The first-order chi connectivity index (χ1) is 12.0. The van der Waals surface area contributed by atoms with Gasteiger partial charge < -0.3 is 10.2 Å². The molecule has 1 heterocycles. The average molecular weight is 361 g/mol. The van der Waals surface area contributed by atoms with E-state index in [4.69, 9.17) is 11.6 Å². The summed E-state index contributed by atoms with van der Waals surface area (Å²) < 4.78 is 13.3. The van der Waals surface area contributed by atoms with Gasteiger partial charge in [-0.2, -0.15) is 0 Å². The maximum absolute atomic E-state index is 13.3. The molecule has 1 aliphatic rings. The molecule has 2 amide bonds. The van der Waals surface area contributed by atoms with E-state index in [1.54, 1.807) is 0 Å². The summed E-state index contributed by atoms with van der Waals surface area (Å²) in [4.78, 5) is 26.2. The van der Waals surface area contributed by atoms with Crippen LogP contribution in [0.1, 0.15) is 24.9 Å². The molecule has 4 nitrogen and oxygen atoms in total. The Morgan fingerprint density at radius 1 is 1.28 bits per heavy atom. The van der Waals surface area contributed by atoms with Crippen molar-refractivity contribution < 1.29 is 14.0 Å². The number of hydrogen-bond acceptors (Lipinski definition) is 2. The van der Waals surface area contributed by atoms with Gasteiger partial charge >= 0.3 is 0 Å². The molecule has 2 unspecified atom stereocenters. The van der Waals surface area contributed by atoms with Gasteiger partial charge in [0.25, 0.3) is 0 Å². The van der Waals surface area contributed by atoms with E-state index in [2.05, 4.69) is 5.32 Å². The molecule has 2 atom stereocenters. The number of nitrogens with zero attached hydrogens (tertiary/aromatic N) is 1. The first-order valence-electron chi connectivity index (χ1n) is 8.06. The Bertz CT molecular complexity index is 797. The van der Waals surface area contributed by atoms with Crippen molar-refractivity contribution in [3.05, 3.63) is 64.9 Å². The van der Waals surface area contributed by atoms with E-state index in [0.717, 1.165) is 5.56 Å². The molecule has 6 heteroatoms. The molecule has 0 spiro atoms. The van der Waals surface area contributed by atoms with Crippen LogP contribution in [0.15, 0.2) is 48.5 Å². The van der Waals surface area contributed by atoms with E-state index in [9.17, 15) is 14.0 Å². The van der Waals surface area contributed by atoms with Crippen molar-refractivity contribution in [2.45, 2.75) is 19.4 Å². The fourth-order valence-corrected chi connectivity index (χ4v) is 3.12. The molecule has 1 fully saturated rings. The molecule has 0 aromatic heterocycles. The van der Waals surface area contributed by atoms with Gasteiger partial charge in [-0.3, -0.25) is 9.59 Å². The van der Waals surface area contributed by atoms with Crippen LogP contribution in [0.4, 0.5) is 10.1 Å². The summed E-state index contributed by atoms with van der Waals surface area (Å²) in [7, 11) is 0. The van der Waals surface area contributed by atoms with Crippen molar-refractivity contribution in [1.82, 2.24) is 5.32 Å². The second kappa shape index (κ2) is 7.23. The number of carbonyl (C=O) groups is 2. The number of nitrogens with one attached hydrogen (secondary N) is 1. The monoisotopic (exact) mass is 360 g/mol. The van der Waals surface area contributed by atoms with Crippen molar-refractivity contribution >= 4 is 29.1 Å². The van der Waals surface area contributed by atoms with Crippen molar-refractivity contribution in [2.24, 2.45) is 5.92 Å². The van der Waals surface area contributed by atoms with E-state index < -0.39 is 11.7 Å². The number of amides is 2. The van der Waals surface area contributed by atoms with Crippen molar-refractivity contribution in [2.75, 3.05) is 11.4 Å². The number of halogens is 2. The second-order valence-electron chi connectivity index (χ2n) is 6.14. The molecular formula is C19H18ClFN2O2. The lowest BCUT2D eigenvalue weighted by Gasteiger charge is -2.19. The SMILES string of the molecule is CC(NC(=O)C1CC(=O)N(c2ccc(F)c(Cl)c2)C1)c1ccccc1. The van der Waals surface area contributed by atoms with Crippen LogP contribution in [0, 0.1) is 11.7 Å². The van der Waals surface area contributed by atoms with Crippen molar-refractivity contribution in [3.63, 3.8) is 0 Å². The van der Waals surface area contributed by atoms with Crippen LogP contribution in [0.5, 0.6) is 0 Å². The number of benzene rings is 2. The summed E-state index contributed by atoms with van der Waals surface area (Å²) in [5.74, 6) is -1.32. The van der Waals surface area contributed by atoms with Crippen molar-refractivity contribution in [3.8, 4) is 0 Å². The fraction of sp³-hybridized carbons (Fsp3) is 0.263. The predicted molar refractivity (Wildman–Crippen MR) is 94.9 cm³/mol. The Morgan fingerprint density at radius 3 is 2.68 bits per heavy atom. The maximum atomic E-state index is 13.3. The standard InChI is InChI=1S/C19H18ClFN2O2/c1-12(13-5-3-2-4-6-13)22-19(25)14-9-18(24)23(11-14)15-7-8-17(21)16(20)10-15/h2-8,10,12,14H,9,11H2,1H3,(H,22,25). The average Bonchev–Trinajstić information content (AvgIpc) is 3.00. The molecule has 25 heavy (non-hydrogen) atoms. The highest BCUT2D eigenvalue weighted by atomic mass is 35.5. The Balaban J connectivity index is 1.67. The highest BCUT2D eigenvalue weighted by molar-refractivity contribution is 6.31. The minimum Gasteiger partial charge on any atom is -0.349 e. The highest BCUT2D eigenvalue weighted by Crippen LogP contribution is 2.29. The maximum Gasteiger partial charge on any atom is 0.227 e. The third-order valence-electron chi connectivity index (χ3n) is 4.37. The molecule has 1 N–H and O–H groups in total. The largest absolute Gasteiger partial charge is 0.349 e. The van der Waals surface area contributed by atoms with Crippen LogP contribution in [-0.4, -0.2) is 18.4 Å². The molecule has 0 aliphatic carbocycles.